The van der Waals surface area contributed by atoms with Gasteiger partial charge < -0.3 is 9.26 Å². The average molecular weight is 352 g/mol. The highest BCUT2D eigenvalue weighted by Crippen LogP contribution is 2.28. The maximum Gasteiger partial charge on any atom is 0.267 e. The molecule has 0 saturated heterocycles. The number of hydrogen-bond acceptors (Lipinski definition) is 5. The number of hydrogen-bond donors (Lipinski definition) is 0. The van der Waals surface area contributed by atoms with Crippen molar-refractivity contribution in [1.82, 2.24) is 15.1 Å². The second-order valence-corrected chi connectivity index (χ2v) is 5.99. The Morgan fingerprint density at radius 1 is 1.04 bits per heavy atom. The smallest absolute Gasteiger partial charge is 0.267 e. The second kappa shape index (κ2) is 6.53. The molecule has 4 aromatic rings. The molecule has 2 aromatic carbocycles. The second-order valence-electron chi connectivity index (χ2n) is 5.55. The van der Waals surface area contributed by atoms with Gasteiger partial charge in [0.15, 0.2) is 6.10 Å². The first-order valence-electron chi connectivity index (χ1n) is 7.80. The average Bonchev–Trinajstić information content (AvgIpc) is 3.13. The molecule has 0 saturated carbocycles. The van der Waals surface area contributed by atoms with E-state index in [1.165, 1.54) is 0 Å². The fourth-order valence-corrected chi connectivity index (χ4v) is 2.66. The molecule has 0 aliphatic rings. The van der Waals surface area contributed by atoms with E-state index < -0.39 is 0 Å². The van der Waals surface area contributed by atoms with Gasteiger partial charge in [0.2, 0.25) is 5.82 Å². The minimum atomic E-state index is -0.389. The number of pyridine rings is 1. The zero-order chi connectivity index (χ0) is 17.2. The Labute approximate surface area is 149 Å². The lowest BCUT2D eigenvalue weighted by Crippen LogP contribution is -2.04. The van der Waals surface area contributed by atoms with Crippen molar-refractivity contribution in [2.24, 2.45) is 0 Å². The van der Waals surface area contributed by atoms with Crippen molar-refractivity contribution >= 4 is 22.5 Å². The minimum absolute atomic E-state index is 0.389. The quantitative estimate of drug-likeness (QED) is 0.513. The molecule has 0 amide bonds. The van der Waals surface area contributed by atoms with E-state index in [0.717, 1.165) is 22.2 Å². The van der Waals surface area contributed by atoms with Crippen LogP contribution >= 0.6 is 11.6 Å². The molecule has 0 N–H and O–H groups in total. The molecular formula is C19H14ClN3O2. The van der Waals surface area contributed by atoms with Gasteiger partial charge in [-0.1, -0.05) is 28.9 Å². The third kappa shape index (κ3) is 3.19. The Kier molecular flexibility index (Phi) is 4.07. The molecule has 0 spiro atoms. The summed E-state index contributed by atoms with van der Waals surface area (Å²) in [6, 6.07) is 16.9. The summed E-state index contributed by atoms with van der Waals surface area (Å²) in [4.78, 5) is 8.76. The molecule has 2 heterocycles. The molecule has 124 valence electrons. The fourth-order valence-electron chi connectivity index (χ4n) is 2.53. The van der Waals surface area contributed by atoms with Crippen molar-refractivity contribution in [3.8, 4) is 17.1 Å². The van der Waals surface area contributed by atoms with Crippen LogP contribution in [0.1, 0.15) is 18.9 Å². The van der Waals surface area contributed by atoms with E-state index in [-0.39, 0.29) is 6.10 Å². The lowest BCUT2D eigenvalue weighted by molar-refractivity contribution is 0.178. The molecule has 1 atom stereocenters. The van der Waals surface area contributed by atoms with Gasteiger partial charge in [-0.05, 0) is 49.4 Å². The van der Waals surface area contributed by atoms with Crippen LogP contribution in [-0.4, -0.2) is 15.1 Å². The summed E-state index contributed by atoms with van der Waals surface area (Å²) < 4.78 is 11.4. The number of halogens is 1. The summed E-state index contributed by atoms with van der Waals surface area (Å²) in [5.41, 5.74) is 1.71. The minimum Gasteiger partial charge on any atom is -0.480 e. The topological polar surface area (TPSA) is 61.0 Å². The molecule has 2 aromatic heterocycles. The Bertz CT molecular complexity index is 1010. The first-order chi connectivity index (χ1) is 12.2. The summed E-state index contributed by atoms with van der Waals surface area (Å²) in [5.74, 6) is 1.64. The van der Waals surface area contributed by atoms with E-state index in [4.69, 9.17) is 20.9 Å². The van der Waals surface area contributed by atoms with Gasteiger partial charge in [-0.3, -0.25) is 4.98 Å². The van der Waals surface area contributed by atoms with E-state index in [1.54, 1.807) is 18.3 Å². The third-order valence-electron chi connectivity index (χ3n) is 3.80. The van der Waals surface area contributed by atoms with Crippen LogP contribution in [-0.2, 0) is 0 Å². The number of benzene rings is 2. The zero-order valence-corrected chi connectivity index (χ0v) is 14.1. The van der Waals surface area contributed by atoms with E-state index in [1.807, 2.05) is 49.4 Å². The lowest BCUT2D eigenvalue weighted by atomic mass is 10.2. The van der Waals surface area contributed by atoms with E-state index in [0.29, 0.717) is 16.7 Å². The molecule has 0 radical (unpaired) electrons. The van der Waals surface area contributed by atoms with Crippen LogP contribution in [0.2, 0.25) is 5.02 Å². The van der Waals surface area contributed by atoms with Gasteiger partial charge in [-0.2, -0.15) is 4.98 Å². The van der Waals surface area contributed by atoms with Crippen LogP contribution in [0.4, 0.5) is 0 Å². The normalized spacial score (nSPS) is 12.2. The number of para-hydroxylation sites is 1. The SMILES string of the molecule is CC(Oc1ccnc2ccccc12)c1nc(-c2ccc(Cl)cc2)no1. The maximum absolute atomic E-state index is 6.02. The van der Waals surface area contributed by atoms with Gasteiger partial charge >= 0.3 is 0 Å². The van der Waals surface area contributed by atoms with E-state index >= 15 is 0 Å². The van der Waals surface area contributed by atoms with Crippen molar-refractivity contribution in [3.05, 3.63) is 71.7 Å². The van der Waals surface area contributed by atoms with Crippen molar-refractivity contribution in [2.75, 3.05) is 0 Å². The standard InChI is InChI=1S/C19H14ClN3O2/c1-12(24-17-10-11-21-16-5-3-2-4-15(16)17)19-22-18(23-25-19)13-6-8-14(20)9-7-13/h2-12H,1H3. The lowest BCUT2D eigenvalue weighted by Gasteiger charge is -2.12. The number of aromatic nitrogens is 3. The maximum atomic E-state index is 6.02. The van der Waals surface area contributed by atoms with E-state index in [2.05, 4.69) is 15.1 Å². The number of nitrogens with zero attached hydrogens (tertiary/aromatic N) is 3. The highest BCUT2D eigenvalue weighted by atomic mass is 35.5. The van der Waals surface area contributed by atoms with Crippen molar-refractivity contribution in [1.29, 1.82) is 0 Å². The predicted molar refractivity (Wildman–Crippen MR) is 95.5 cm³/mol. The Balaban J connectivity index is 1.59. The first-order valence-corrected chi connectivity index (χ1v) is 8.18. The Morgan fingerprint density at radius 3 is 2.68 bits per heavy atom. The molecule has 25 heavy (non-hydrogen) atoms. The van der Waals surface area contributed by atoms with Crippen LogP contribution in [0.15, 0.2) is 65.3 Å². The number of rotatable bonds is 4. The van der Waals surface area contributed by atoms with Crippen LogP contribution in [0.3, 0.4) is 0 Å². The fraction of sp³-hybridized carbons (Fsp3) is 0.105. The van der Waals surface area contributed by atoms with Gasteiger partial charge in [0.1, 0.15) is 5.75 Å². The van der Waals surface area contributed by atoms with Crippen LogP contribution < -0.4 is 4.74 Å². The first kappa shape index (κ1) is 15.6. The zero-order valence-electron chi connectivity index (χ0n) is 13.4. The van der Waals surface area contributed by atoms with Gasteiger partial charge in [0.25, 0.3) is 5.89 Å². The highest BCUT2D eigenvalue weighted by Gasteiger charge is 2.18. The van der Waals surface area contributed by atoms with Crippen molar-refractivity contribution < 1.29 is 9.26 Å². The van der Waals surface area contributed by atoms with Gasteiger partial charge in [0.05, 0.1) is 5.52 Å². The summed E-state index contributed by atoms with van der Waals surface area (Å²) in [5, 5.41) is 5.62. The van der Waals surface area contributed by atoms with Gasteiger partial charge in [-0.25, -0.2) is 0 Å². The summed E-state index contributed by atoms with van der Waals surface area (Å²) in [7, 11) is 0. The molecule has 1 unspecified atom stereocenters. The summed E-state index contributed by atoms with van der Waals surface area (Å²) in [6.45, 7) is 1.87. The molecule has 4 rings (SSSR count). The molecule has 0 bridgehead atoms. The Hall–Kier alpha value is -2.92. The predicted octanol–water partition coefficient (Wildman–Crippen LogP) is 5.08. The molecule has 6 heteroatoms. The van der Waals surface area contributed by atoms with Crippen LogP contribution in [0.25, 0.3) is 22.3 Å². The highest BCUT2D eigenvalue weighted by molar-refractivity contribution is 6.30. The molecule has 0 fully saturated rings. The summed E-state index contributed by atoms with van der Waals surface area (Å²) in [6.07, 6.45) is 1.33. The Morgan fingerprint density at radius 2 is 1.84 bits per heavy atom. The van der Waals surface area contributed by atoms with Gasteiger partial charge in [-0.15, -0.1) is 0 Å². The van der Waals surface area contributed by atoms with E-state index in [9.17, 15) is 0 Å². The third-order valence-corrected chi connectivity index (χ3v) is 4.06. The van der Waals surface area contributed by atoms with Crippen molar-refractivity contribution in [2.45, 2.75) is 13.0 Å². The molecule has 5 nitrogen and oxygen atoms in total. The molecular weight excluding hydrogens is 338 g/mol. The molecule has 0 aliphatic heterocycles. The monoisotopic (exact) mass is 351 g/mol. The summed E-state index contributed by atoms with van der Waals surface area (Å²) >= 11 is 5.90. The van der Waals surface area contributed by atoms with Crippen molar-refractivity contribution in [3.63, 3.8) is 0 Å². The van der Waals surface area contributed by atoms with Gasteiger partial charge in [0, 0.05) is 22.2 Å². The van der Waals surface area contributed by atoms with Crippen LogP contribution in [0.5, 0.6) is 5.75 Å². The van der Waals surface area contributed by atoms with Crippen LogP contribution in [0, 0.1) is 0 Å². The number of ether oxygens (including phenoxy) is 1. The number of fused-ring (bicyclic) bond motifs is 1. The largest absolute Gasteiger partial charge is 0.480 e. The molecule has 0 aliphatic carbocycles.